The molecule has 3 rings (SSSR count). The molecule has 4 nitrogen and oxygen atoms in total. The molecule has 2 aliphatic heterocycles. The first-order chi connectivity index (χ1) is 12.7. The third kappa shape index (κ3) is 6.63. The molecular formula is C22H37IN4. The van der Waals surface area contributed by atoms with Crippen LogP contribution in [0.1, 0.15) is 44.6 Å². The largest absolute Gasteiger partial charge is 0.356 e. The Bertz CT molecular complexity index is 575. The van der Waals surface area contributed by atoms with Gasteiger partial charge >= 0.3 is 0 Å². The number of hydrogen-bond acceptors (Lipinski definition) is 2. The molecule has 0 bridgehead atoms. The van der Waals surface area contributed by atoms with E-state index in [2.05, 4.69) is 64.3 Å². The monoisotopic (exact) mass is 484 g/mol. The molecule has 2 unspecified atom stereocenters. The number of hydrogen-bond donors (Lipinski definition) is 1. The highest BCUT2D eigenvalue weighted by Gasteiger charge is 2.27. The molecule has 0 radical (unpaired) electrons. The van der Waals surface area contributed by atoms with Crippen molar-refractivity contribution >= 4 is 29.9 Å². The summed E-state index contributed by atoms with van der Waals surface area (Å²) in [5.74, 6) is 3.22. The molecule has 2 atom stereocenters. The Morgan fingerprint density at radius 2 is 1.93 bits per heavy atom. The number of likely N-dealkylation sites (tertiary alicyclic amines) is 2. The normalized spacial score (nSPS) is 24.1. The van der Waals surface area contributed by atoms with Crippen LogP contribution in [0.25, 0.3) is 0 Å². The Balaban J connectivity index is 0.00000261. The number of aliphatic imine (C=N–C) groups is 1. The van der Waals surface area contributed by atoms with Gasteiger partial charge in [-0.25, -0.2) is 0 Å². The van der Waals surface area contributed by atoms with Crippen molar-refractivity contribution in [1.82, 2.24) is 15.1 Å². The molecule has 0 amide bonds. The maximum absolute atomic E-state index is 4.57. The number of rotatable bonds is 5. The van der Waals surface area contributed by atoms with Crippen LogP contribution in [0.3, 0.4) is 0 Å². The topological polar surface area (TPSA) is 30.9 Å². The van der Waals surface area contributed by atoms with Gasteiger partial charge in [0.25, 0.3) is 0 Å². The number of piperidine rings is 1. The molecule has 27 heavy (non-hydrogen) atoms. The van der Waals surface area contributed by atoms with Crippen LogP contribution < -0.4 is 5.32 Å². The van der Waals surface area contributed by atoms with Crippen molar-refractivity contribution in [3.8, 4) is 0 Å². The third-order valence-electron chi connectivity index (χ3n) is 5.75. The molecule has 2 fully saturated rings. The summed E-state index contributed by atoms with van der Waals surface area (Å²) in [6, 6.07) is 10.9. The summed E-state index contributed by atoms with van der Waals surface area (Å²) < 4.78 is 0. The molecule has 1 aromatic rings. The van der Waals surface area contributed by atoms with Crippen LogP contribution >= 0.6 is 24.0 Å². The van der Waals surface area contributed by atoms with Crippen molar-refractivity contribution in [1.29, 1.82) is 0 Å². The highest BCUT2D eigenvalue weighted by atomic mass is 127. The Morgan fingerprint density at radius 1 is 1.15 bits per heavy atom. The van der Waals surface area contributed by atoms with Gasteiger partial charge in [0.05, 0.1) is 0 Å². The first kappa shape index (κ1) is 22.5. The highest BCUT2D eigenvalue weighted by Crippen LogP contribution is 2.27. The minimum atomic E-state index is 0. The third-order valence-corrected chi connectivity index (χ3v) is 5.75. The van der Waals surface area contributed by atoms with Crippen molar-refractivity contribution in [2.24, 2.45) is 16.8 Å². The summed E-state index contributed by atoms with van der Waals surface area (Å²) >= 11 is 0. The van der Waals surface area contributed by atoms with Crippen LogP contribution in [-0.4, -0.2) is 62.1 Å². The lowest BCUT2D eigenvalue weighted by atomic mass is 9.97. The van der Waals surface area contributed by atoms with E-state index in [4.69, 9.17) is 0 Å². The maximum Gasteiger partial charge on any atom is 0.193 e. The van der Waals surface area contributed by atoms with Gasteiger partial charge in [-0.05, 0) is 43.2 Å². The van der Waals surface area contributed by atoms with Crippen LogP contribution in [0.2, 0.25) is 0 Å². The van der Waals surface area contributed by atoms with Crippen LogP contribution in [0, 0.1) is 11.8 Å². The second-order valence-corrected chi connectivity index (χ2v) is 8.43. The summed E-state index contributed by atoms with van der Waals surface area (Å²) in [5.41, 5.74) is 1.46. The fraction of sp³-hybridized carbons (Fsp3) is 0.682. The van der Waals surface area contributed by atoms with Crippen molar-refractivity contribution < 1.29 is 0 Å². The maximum atomic E-state index is 4.57. The summed E-state index contributed by atoms with van der Waals surface area (Å²) in [4.78, 5) is 9.65. The smallest absolute Gasteiger partial charge is 0.193 e. The van der Waals surface area contributed by atoms with E-state index in [1.54, 1.807) is 0 Å². The number of guanidine groups is 1. The Hall–Kier alpha value is -0.820. The van der Waals surface area contributed by atoms with E-state index >= 15 is 0 Å². The number of halogens is 1. The molecule has 2 heterocycles. The molecule has 2 saturated heterocycles. The van der Waals surface area contributed by atoms with Crippen molar-refractivity contribution in [2.45, 2.75) is 39.0 Å². The van der Waals surface area contributed by atoms with Gasteiger partial charge in [-0.3, -0.25) is 4.99 Å². The van der Waals surface area contributed by atoms with Gasteiger partial charge in [0.2, 0.25) is 0 Å². The van der Waals surface area contributed by atoms with E-state index in [1.165, 1.54) is 44.5 Å². The second-order valence-electron chi connectivity index (χ2n) is 8.43. The molecule has 2 aliphatic rings. The summed E-state index contributed by atoms with van der Waals surface area (Å²) in [6.07, 6.45) is 3.89. The zero-order valence-corrected chi connectivity index (χ0v) is 19.6. The van der Waals surface area contributed by atoms with E-state index < -0.39 is 0 Å². The molecule has 1 aromatic carbocycles. The highest BCUT2D eigenvalue weighted by molar-refractivity contribution is 14.0. The quantitative estimate of drug-likeness (QED) is 0.389. The van der Waals surface area contributed by atoms with Gasteiger partial charge in [0.1, 0.15) is 0 Å². The Kier molecular flexibility index (Phi) is 9.36. The van der Waals surface area contributed by atoms with Gasteiger partial charge in [0.15, 0.2) is 5.96 Å². The molecule has 0 spiro atoms. The van der Waals surface area contributed by atoms with E-state index in [0.717, 1.165) is 37.4 Å². The average Bonchev–Trinajstić information content (AvgIpc) is 3.13. The summed E-state index contributed by atoms with van der Waals surface area (Å²) in [5, 5.41) is 3.68. The molecule has 1 N–H and O–H groups in total. The van der Waals surface area contributed by atoms with Crippen LogP contribution in [-0.2, 0) is 0 Å². The lowest BCUT2D eigenvalue weighted by Gasteiger charge is -2.34. The number of nitrogens with one attached hydrogen (secondary N) is 1. The summed E-state index contributed by atoms with van der Waals surface area (Å²) in [7, 11) is 1.92. The molecule has 0 saturated carbocycles. The fourth-order valence-corrected chi connectivity index (χ4v) is 4.52. The SMILES string of the molecule is CN=C(NCC1CCCN(CC(C)C)C1)N1CCC(c2ccccc2)C1.I. The molecule has 152 valence electrons. The molecule has 0 aliphatic carbocycles. The van der Waals surface area contributed by atoms with Crippen LogP contribution in [0.4, 0.5) is 0 Å². The molecule has 5 heteroatoms. The lowest BCUT2D eigenvalue weighted by molar-refractivity contribution is 0.159. The molecular weight excluding hydrogens is 447 g/mol. The number of nitrogens with zero attached hydrogens (tertiary/aromatic N) is 3. The van der Waals surface area contributed by atoms with Crippen molar-refractivity contribution in [3.05, 3.63) is 35.9 Å². The summed E-state index contributed by atoms with van der Waals surface area (Å²) in [6.45, 7) is 11.6. The fourth-order valence-electron chi connectivity index (χ4n) is 4.52. The Labute approximate surface area is 182 Å². The van der Waals surface area contributed by atoms with Crippen LogP contribution in [0.5, 0.6) is 0 Å². The minimum Gasteiger partial charge on any atom is -0.356 e. The standard InChI is InChI=1S/C22H36N4.HI/c1-18(2)15-25-12-7-8-19(16-25)14-24-22(23-3)26-13-11-21(17-26)20-9-5-4-6-10-20;/h4-6,9-10,18-19,21H,7-8,11-17H2,1-3H3,(H,23,24);1H. The van der Waals surface area contributed by atoms with E-state index in [0.29, 0.717) is 5.92 Å². The predicted molar refractivity (Wildman–Crippen MR) is 126 cm³/mol. The second kappa shape index (κ2) is 11.2. The van der Waals surface area contributed by atoms with Crippen LogP contribution in [0.15, 0.2) is 35.3 Å². The minimum absolute atomic E-state index is 0. The van der Waals surface area contributed by atoms with Gasteiger partial charge in [-0.1, -0.05) is 44.2 Å². The number of benzene rings is 1. The van der Waals surface area contributed by atoms with Gasteiger partial charge in [-0.2, -0.15) is 0 Å². The van der Waals surface area contributed by atoms with E-state index in [1.807, 2.05) is 7.05 Å². The first-order valence-electron chi connectivity index (χ1n) is 10.4. The lowest BCUT2D eigenvalue weighted by Crippen LogP contribution is -2.46. The molecule has 0 aromatic heterocycles. The van der Waals surface area contributed by atoms with Crippen molar-refractivity contribution in [3.63, 3.8) is 0 Å². The first-order valence-corrected chi connectivity index (χ1v) is 10.4. The van der Waals surface area contributed by atoms with E-state index in [-0.39, 0.29) is 24.0 Å². The zero-order chi connectivity index (χ0) is 18.4. The van der Waals surface area contributed by atoms with Gasteiger partial charge < -0.3 is 15.1 Å². The Morgan fingerprint density at radius 3 is 2.63 bits per heavy atom. The van der Waals surface area contributed by atoms with E-state index in [9.17, 15) is 0 Å². The average molecular weight is 484 g/mol. The van der Waals surface area contributed by atoms with Gasteiger partial charge in [0, 0.05) is 45.7 Å². The zero-order valence-electron chi connectivity index (χ0n) is 17.2. The predicted octanol–water partition coefficient (Wildman–Crippen LogP) is 4.04. The van der Waals surface area contributed by atoms with Gasteiger partial charge in [-0.15, -0.1) is 24.0 Å². The van der Waals surface area contributed by atoms with Crippen molar-refractivity contribution in [2.75, 3.05) is 46.3 Å².